The van der Waals surface area contributed by atoms with Gasteiger partial charge in [-0.05, 0) is 36.8 Å². The van der Waals surface area contributed by atoms with Crippen molar-refractivity contribution in [2.75, 3.05) is 17.7 Å². The zero-order valence-electron chi connectivity index (χ0n) is 17.4. The van der Waals surface area contributed by atoms with E-state index >= 15 is 0 Å². The van der Waals surface area contributed by atoms with E-state index < -0.39 is 5.97 Å². The fraction of sp³-hybridized carbons (Fsp3) is 0.130. The Hall–Kier alpha value is -3.50. The van der Waals surface area contributed by atoms with Gasteiger partial charge in [0, 0.05) is 16.5 Å². The lowest BCUT2D eigenvalue weighted by molar-refractivity contribution is -0.113. The average molecular weight is 484 g/mol. The lowest BCUT2D eigenvalue weighted by atomic mass is 10.0. The third kappa shape index (κ3) is 5.47. The maximum atomic E-state index is 13.1. The molecule has 7 nitrogen and oxygen atoms in total. The van der Waals surface area contributed by atoms with Crippen molar-refractivity contribution in [3.8, 4) is 22.6 Å². The number of amides is 1. The van der Waals surface area contributed by atoms with Gasteiger partial charge in [0.05, 0.1) is 12.4 Å². The first-order valence-electron chi connectivity index (χ1n) is 9.91. The van der Waals surface area contributed by atoms with Gasteiger partial charge in [0.2, 0.25) is 11.8 Å². The van der Waals surface area contributed by atoms with Gasteiger partial charge in [-0.1, -0.05) is 42.1 Å². The average Bonchev–Trinajstić information content (AvgIpc) is 3.46. The van der Waals surface area contributed by atoms with E-state index in [0.717, 1.165) is 17.3 Å². The number of halogens is 1. The van der Waals surface area contributed by atoms with Crippen LogP contribution in [0, 0.1) is 5.82 Å². The first kappa shape index (κ1) is 22.7. The number of esters is 1. The molecular weight excluding hydrogens is 465 g/mol. The highest BCUT2D eigenvalue weighted by molar-refractivity contribution is 7.99. The van der Waals surface area contributed by atoms with Gasteiger partial charge in [-0.15, -0.1) is 21.5 Å². The third-order valence-electron chi connectivity index (χ3n) is 4.43. The highest BCUT2D eigenvalue weighted by atomic mass is 32.2. The van der Waals surface area contributed by atoms with Crippen LogP contribution in [0.1, 0.15) is 17.3 Å². The molecule has 10 heteroatoms. The largest absolute Gasteiger partial charge is 0.462 e. The summed E-state index contributed by atoms with van der Waals surface area (Å²) in [5.74, 6) is -0.981. The van der Waals surface area contributed by atoms with Crippen molar-refractivity contribution in [1.82, 2.24) is 10.2 Å². The number of carbonyl (C=O) groups excluding carboxylic acids is 2. The van der Waals surface area contributed by atoms with Gasteiger partial charge < -0.3 is 14.5 Å². The van der Waals surface area contributed by atoms with Crippen molar-refractivity contribution in [2.45, 2.75) is 12.1 Å². The van der Waals surface area contributed by atoms with Crippen LogP contribution in [0.3, 0.4) is 0 Å². The molecular formula is C23H18FN3O4S2. The van der Waals surface area contributed by atoms with Crippen molar-refractivity contribution >= 4 is 40.0 Å². The van der Waals surface area contributed by atoms with Crippen molar-refractivity contribution in [1.29, 1.82) is 0 Å². The van der Waals surface area contributed by atoms with Crippen LogP contribution in [0.15, 0.2) is 69.6 Å². The SMILES string of the molecule is CCOC(=O)c1c(-c2ccccc2)csc1NC(=O)CSc1nnc(-c2ccc(F)cc2)o1. The molecule has 4 rings (SSSR count). The molecule has 0 saturated carbocycles. The third-order valence-corrected chi connectivity index (χ3v) is 6.15. The molecule has 0 spiro atoms. The van der Waals surface area contributed by atoms with Crippen molar-refractivity contribution in [3.05, 3.63) is 71.4 Å². The van der Waals surface area contributed by atoms with Crippen LogP contribution in [0.2, 0.25) is 0 Å². The highest BCUT2D eigenvalue weighted by Gasteiger charge is 2.23. The topological polar surface area (TPSA) is 94.3 Å². The Morgan fingerprint density at radius 2 is 1.85 bits per heavy atom. The van der Waals surface area contributed by atoms with E-state index in [1.165, 1.54) is 35.6 Å². The summed E-state index contributed by atoms with van der Waals surface area (Å²) in [5.41, 5.74) is 2.45. The number of thiophene rings is 1. The zero-order chi connectivity index (χ0) is 23.2. The van der Waals surface area contributed by atoms with Gasteiger partial charge in [-0.2, -0.15) is 0 Å². The van der Waals surface area contributed by atoms with Crippen molar-refractivity contribution < 1.29 is 23.1 Å². The van der Waals surface area contributed by atoms with Crippen LogP contribution in [-0.4, -0.2) is 34.4 Å². The fourth-order valence-electron chi connectivity index (χ4n) is 2.95. The molecule has 0 aliphatic carbocycles. The van der Waals surface area contributed by atoms with E-state index in [1.54, 1.807) is 6.92 Å². The molecule has 0 aliphatic heterocycles. The standard InChI is InChI=1S/C23H18FN3O4S2/c1-2-30-22(29)19-17(14-6-4-3-5-7-14)12-32-21(19)25-18(28)13-33-23-27-26-20(31-23)15-8-10-16(24)11-9-15/h3-12H,2,13H2,1H3,(H,25,28). The number of nitrogens with one attached hydrogen (secondary N) is 1. The van der Waals surface area contributed by atoms with E-state index in [0.29, 0.717) is 21.7 Å². The van der Waals surface area contributed by atoms with E-state index in [-0.39, 0.29) is 35.2 Å². The Bertz CT molecular complexity index is 1260. The number of benzene rings is 2. The minimum absolute atomic E-state index is 0.00805. The van der Waals surface area contributed by atoms with Crippen molar-refractivity contribution in [3.63, 3.8) is 0 Å². The van der Waals surface area contributed by atoms with E-state index in [1.807, 2.05) is 35.7 Å². The second-order valence-corrected chi connectivity index (χ2v) is 8.46. The first-order valence-corrected chi connectivity index (χ1v) is 11.8. The molecule has 2 aromatic carbocycles. The van der Waals surface area contributed by atoms with Gasteiger partial charge in [0.25, 0.3) is 5.22 Å². The summed E-state index contributed by atoms with van der Waals surface area (Å²) in [4.78, 5) is 25.2. The number of hydrogen-bond acceptors (Lipinski definition) is 8. The Kier molecular flexibility index (Phi) is 7.16. The number of rotatable bonds is 8. The van der Waals surface area contributed by atoms with Gasteiger partial charge in [0.15, 0.2) is 0 Å². The molecule has 0 bridgehead atoms. The number of ether oxygens (including phenoxy) is 1. The summed E-state index contributed by atoms with van der Waals surface area (Å²) in [5, 5.41) is 13.0. The quantitative estimate of drug-likeness (QED) is 0.261. The zero-order valence-corrected chi connectivity index (χ0v) is 19.0. The molecule has 0 unspecified atom stereocenters. The molecule has 0 aliphatic rings. The number of hydrogen-bond donors (Lipinski definition) is 1. The van der Waals surface area contributed by atoms with Crippen LogP contribution in [0.5, 0.6) is 0 Å². The maximum Gasteiger partial charge on any atom is 0.341 e. The number of anilines is 1. The molecule has 0 fully saturated rings. The molecule has 1 N–H and O–H groups in total. The normalized spacial score (nSPS) is 10.7. The smallest absolute Gasteiger partial charge is 0.341 e. The van der Waals surface area contributed by atoms with Crippen LogP contribution in [0.4, 0.5) is 9.39 Å². The lowest BCUT2D eigenvalue weighted by Crippen LogP contribution is -2.16. The first-order chi connectivity index (χ1) is 16.0. The van der Waals surface area contributed by atoms with E-state index in [9.17, 15) is 14.0 Å². The van der Waals surface area contributed by atoms with Crippen LogP contribution < -0.4 is 5.32 Å². The monoisotopic (exact) mass is 483 g/mol. The lowest BCUT2D eigenvalue weighted by Gasteiger charge is -2.08. The molecule has 2 heterocycles. The van der Waals surface area contributed by atoms with Gasteiger partial charge in [-0.3, -0.25) is 4.79 Å². The summed E-state index contributed by atoms with van der Waals surface area (Å²) < 4.78 is 23.8. The summed E-state index contributed by atoms with van der Waals surface area (Å²) in [6, 6.07) is 15.1. The molecule has 0 atom stereocenters. The molecule has 33 heavy (non-hydrogen) atoms. The van der Waals surface area contributed by atoms with Crippen LogP contribution >= 0.6 is 23.1 Å². The molecule has 2 aromatic heterocycles. The van der Waals surface area contributed by atoms with Gasteiger partial charge >= 0.3 is 5.97 Å². The summed E-state index contributed by atoms with van der Waals surface area (Å²) in [6.07, 6.45) is 0. The Labute approximate surface area is 197 Å². The second kappa shape index (κ2) is 10.4. The Morgan fingerprint density at radius 3 is 2.58 bits per heavy atom. The number of thioether (sulfide) groups is 1. The predicted molar refractivity (Wildman–Crippen MR) is 125 cm³/mol. The Balaban J connectivity index is 1.45. The number of carbonyl (C=O) groups is 2. The molecule has 0 radical (unpaired) electrons. The van der Waals surface area contributed by atoms with Gasteiger partial charge in [0.1, 0.15) is 16.4 Å². The number of aromatic nitrogens is 2. The van der Waals surface area contributed by atoms with Gasteiger partial charge in [-0.25, -0.2) is 9.18 Å². The summed E-state index contributed by atoms with van der Waals surface area (Å²) >= 11 is 2.31. The molecule has 4 aromatic rings. The van der Waals surface area contributed by atoms with Crippen LogP contribution in [0.25, 0.3) is 22.6 Å². The molecule has 0 saturated heterocycles. The fourth-order valence-corrected chi connectivity index (χ4v) is 4.49. The van der Waals surface area contributed by atoms with E-state index in [4.69, 9.17) is 9.15 Å². The molecule has 168 valence electrons. The minimum Gasteiger partial charge on any atom is -0.462 e. The predicted octanol–water partition coefficient (Wildman–Crippen LogP) is 5.51. The summed E-state index contributed by atoms with van der Waals surface area (Å²) in [6.45, 7) is 1.95. The van der Waals surface area contributed by atoms with Crippen LogP contribution in [-0.2, 0) is 9.53 Å². The maximum absolute atomic E-state index is 13.1. The van der Waals surface area contributed by atoms with E-state index in [2.05, 4.69) is 15.5 Å². The van der Waals surface area contributed by atoms with Crippen molar-refractivity contribution in [2.24, 2.45) is 0 Å². The Morgan fingerprint density at radius 1 is 1.09 bits per heavy atom. The summed E-state index contributed by atoms with van der Waals surface area (Å²) in [7, 11) is 0. The second-order valence-electron chi connectivity index (χ2n) is 6.66. The molecule has 1 amide bonds. The highest BCUT2D eigenvalue weighted by Crippen LogP contribution is 2.36. The minimum atomic E-state index is -0.499. The number of nitrogens with zero attached hydrogens (tertiary/aromatic N) is 2.